The molecule has 0 atom stereocenters. The number of hydrogen-bond donors (Lipinski definition) is 3. The Kier molecular flexibility index (Phi) is 17.1. The third-order valence-corrected chi connectivity index (χ3v) is 13.7. The van der Waals surface area contributed by atoms with Gasteiger partial charge in [-0.1, -0.05) is 61.8 Å². The van der Waals surface area contributed by atoms with Crippen LogP contribution in [0, 0.1) is 0 Å². The standard InChI is InChI=1S/C20H22N6.C19H20N6.C12H15N3.C8H10BrN/c1-5-14-8-15(16-10-23-25(3)12-16)6-7-18(14)26(4)20-9-19-17(11-21-20)22-13-24(19)2;1-4-13-7-14(15-9-22-25(3)11-15)5-6-16(13)23-19-8-18-17(10-20-19)21-12-24(18)2;1-3-9-6-10(4-5-12(9)13)11-7-14-15(2)8-11;1-2-6-5-7(9)3-4-8(6)10/h6-13H,5H2,1-4H3;5-12H,4H2,1-3H3,(H,20,23);4-8H,3,13H2,1-2H3;3-5H,2,10H2,1H3. The van der Waals surface area contributed by atoms with Gasteiger partial charge in [-0.3, -0.25) is 14.0 Å². The quantitative estimate of drug-likeness (QED) is 0.105. The summed E-state index contributed by atoms with van der Waals surface area (Å²) >= 11 is 3.38. The van der Waals surface area contributed by atoms with E-state index in [0.717, 1.165) is 103 Å². The highest BCUT2D eigenvalue weighted by Crippen LogP contribution is 2.33. The molecule has 7 aromatic heterocycles. The van der Waals surface area contributed by atoms with Gasteiger partial charge in [0.25, 0.3) is 0 Å². The van der Waals surface area contributed by atoms with Gasteiger partial charge in [-0.05, 0) is 119 Å². The lowest BCUT2D eigenvalue weighted by molar-refractivity contribution is 0.768. The van der Waals surface area contributed by atoms with E-state index in [1.54, 1.807) is 17.2 Å². The van der Waals surface area contributed by atoms with Crippen LogP contribution in [0.15, 0.2) is 152 Å². The van der Waals surface area contributed by atoms with Crippen LogP contribution >= 0.6 is 15.9 Å². The molecule has 0 unspecified atom stereocenters. The number of fused-ring (bicyclic) bond motifs is 2. The second kappa shape index (κ2) is 24.2. The molecule has 0 amide bonds. The smallest absolute Gasteiger partial charge is 0.134 e. The molecule has 0 saturated carbocycles. The zero-order chi connectivity index (χ0) is 54.0. The summed E-state index contributed by atoms with van der Waals surface area (Å²) < 4.78 is 10.6. The molecule has 11 rings (SSSR count). The number of imidazole rings is 2. The Balaban J connectivity index is 0.000000142. The third-order valence-electron chi connectivity index (χ3n) is 13.2. The zero-order valence-electron chi connectivity index (χ0n) is 45.0. The van der Waals surface area contributed by atoms with Crippen molar-refractivity contribution in [2.75, 3.05) is 28.7 Å². The molecule has 5 N–H and O–H groups in total. The minimum absolute atomic E-state index is 0.819. The molecular weight excluding hydrogens is 1010 g/mol. The summed E-state index contributed by atoms with van der Waals surface area (Å²) in [5.41, 5.74) is 31.3. The number of halogens is 1. The van der Waals surface area contributed by atoms with Gasteiger partial charge in [-0.2, -0.15) is 15.3 Å². The first-order valence-electron chi connectivity index (χ1n) is 25.3. The number of hydrogen-bond acceptors (Lipinski definition) is 11. The molecule has 0 aliphatic rings. The average molecular weight is 1080 g/mol. The van der Waals surface area contributed by atoms with E-state index in [0.29, 0.717) is 0 Å². The molecule has 17 heteroatoms. The van der Waals surface area contributed by atoms with Crippen molar-refractivity contribution < 1.29 is 0 Å². The summed E-state index contributed by atoms with van der Waals surface area (Å²) in [6.07, 6.45) is 22.8. The predicted molar refractivity (Wildman–Crippen MR) is 315 cm³/mol. The van der Waals surface area contributed by atoms with Crippen molar-refractivity contribution in [1.29, 1.82) is 0 Å². The molecule has 0 saturated heterocycles. The van der Waals surface area contributed by atoms with Gasteiger partial charge in [0, 0.05) is 117 Å². The highest BCUT2D eigenvalue weighted by atomic mass is 79.9. The van der Waals surface area contributed by atoms with E-state index in [1.807, 2.05) is 134 Å². The number of nitrogens with one attached hydrogen (secondary N) is 1. The Morgan fingerprint density at radius 3 is 1.46 bits per heavy atom. The average Bonchev–Trinajstić information content (AvgIpc) is 4.31. The Hall–Kier alpha value is -8.57. The third kappa shape index (κ3) is 12.7. The molecule has 0 radical (unpaired) electrons. The number of aryl methyl sites for hydroxylation is 9. The van der Waals surface area contributed by atoms with E-state index < -0.39 is 0 Å². The van der Waals surface area contributed by atoms with Gasteiger partial charge in [0.2, 0.25) is 0 Å². The summed E-state index contributed by atoms with van der Waals surface area (Å²) in [6.45, 7) is 8.54. The molecule has 16 nitrogen and oxygen atoms in total. The molecule has 7 heterocycles. The van der Waals surface area contributed by atoms with Crippen molar-refractivity contribution >= 4 is 72.4 Å². The van der Waals surface area contributed by atoms with Gasteiger partial charge in [0.1, 0.15) is 22.7 Å². The van der Waals surface area contributed by atoms with Crippen LogP contribution in [0.1, 0.15) is 49.9 Å². The van der Waals surface area contributed by atoms with Gasteiger partial charge >= 0.3 is 0 Å². The van der Waals surface area contributed by atoms with E-state index in [4.69, 9.17) is 11.5 Å². The summed E-state index contributed by atoms with van der Waals surface area (Å²) in [6, 6.07) is 29.1. The molecule has 0 bridgehead atoms. The molecular formula is C59H67BrN16. The molecule has 4 aromatic carbocycles. The highest BCUT2D eigenvalue weighted by Gasteiger charge is 2.14. The topological polar surface area (TPSA) is 182 Å². The second-order valence-corrected chi connectivity index (χ2v) is 19.5. The Morgan fingerprint density at radius 1 is 0.487 bits per heavy atom. The maximum atomic E-state index is 5.86. The number of rotatable bonds is 11. The van der Waals surface area contributed by atoms with Crippen molar-refractivity contribution in [1.82, 2.24) is 58.4 Å². The summed E-state index contributed by atoms with van der Waals surface area (Å²) in [5, 5.41) is 16.1. The van der Waals surface area contributed by atoms with Crippen LogP contribution in [-0.4, -0.2) is 65.5 Å². The van der Waals surface area contributed by atoms with Gasteiger partial charge in [0.05, 0.1) is 54.7 Å². The molecule has 0 aliphatic carbocycles. The van der Waals surface area contributed by atoms with E-state index >= 15 is 0 Å². The SMILES string of the molecule is CCc1cc(-c2cnn(C)c2)ccc1N.CCc1cc(-c2cnn(C)c2)ccc1N(C)c1cc2c(cn1)ncn2C.CCc1cc(-c2cnn(C)c2)ccc1Nc1cc2c(cn1)ncn2C.CCc1cc(Br)ccc1N. The number of anilines is 6. The molecule has 76 heavy (non-hydrogen) atoms. The number of nitrogens with zero attached hydrogens (tertiary/aromatic N) is 13. The van der Waals surface area contributed by atoms with Crippen LogP contribution in [0.2, 0.25) is 0 Å². The van der Waals surface area contributed by atoms with Gasteiger partial charge < -0.3 is 30.8 Å². The number of nitrogen functional groups attached to an aromatic ring is 2. The first-order valence-corrected chi connectivity index (χ1v) is 26.1. The van der Waals surface area contributed by atoms with Crippen molar-refractivity contribution in [3.63, 3.8) is 0 Å². The van der Waals surface area contributed by atoms with Crippen LogP contribution in [0.25, 0.3) is 55.4 Å². The minimum atomic E-state index is 0.819. The lowest BCUT2D eigenvalue weighted by Gasteiger charge is -2.22. The van der Waals surface area contributed by atoms with Crippen molar-refractivity contribution in [3.05, 3.63) is 174 Å². The van der Waals surface area contributed by atoms with E-state index in [1.165, 1.54) is 38.9 Å². The van der Waals surface area contributed by atoms with Crippen molar-refractivity contribution in [2.45, 2.75) is 53.4 Å². The molecule has 11 aromatic rings. The molecule has 0 fully saturated rings. The Morgan fingerprint density at radius 2 is 0.947 bits per heavy atom. The maximum absolute atomic E-state index is 5.86. The molecule has 0 spiro atoms. The van der Waals surface area contributed by atoms with Crippen molar-refractivity contribution in [2.24, 2.45) is 35.2 Å². The largest absolute Gasteiger partial charge is 0.399 e. The van der Waals surface area contributed by atoms with Crippen LogP contribution in [0.3, 0.4) is 0 Å². The summed E-state index contributed by atoms with van der Waals surface area (Å²) in [4.78, 5) is 19.9. The van der Waals surface area contributed by atoms with E-state index in [9.17, 15) is 0 Å². The van der Waals surface area contributed by atoms with Crippen LogP contribution in [-0.2, 0) is 60.9 Å². The van der Waals surface area contributed by atoms with Gasteiger partial charge in [0.15, 0.2) is 0 Å². The lowest BCUT2D eigenvalue weighted by Crippen LogP contribution is -2.13. The summed E-state index contributed by atoms with van der Waals surface area (Å²) in [7, 11) is 11.8. The fourth-order valence-corrected chi connectivity index (χ4v) is 9.22. The van der Waals surface area contributed by atoms with Crippen LogP contribution < -0.4 is 21.7 Å². The fourth-order valence-electron chi connectivity index (χ4n) is 8.81. The summed E-state index contributed by atoms with van der Waals surface area (Å²) in [5.74, 6) is 1.73. The normalized spacial score (nSPS) is 10.9. The second-order valence-electron chi connectivity index (χ2n) is 18.6. The van der Waals surface area contributed by atoms with Gasteiger partial charge in [-0.25, -0.2) is 19.9 Å². The minimum Gasteiger partial charge on any atom is -0.399 e. The number of aromatic nitrogens is 12. The van der Waals surface area contributed by atoms with E-state index in [-0.39, 0.29) is 0 Å². The Bertz CT molecular complexity index is 3730. The Labute approximate surface area is 453 Å². The molecule has 390 valence electrons. The van der Waals surface area contributed by atoms with E-state index in [2.05, 4.69) is 151 Å². The fraction of sp³-hybridized carbons (Fsp3) is 0.237. The molecule has 0 aliphatic heterocycles. The lowest BCUT2D eigenvalue weighted by atomic mass is 10.0. The first-order chi connectivity index (χ1) is 36.6. The van der Waals surface area contributed by atoms with Gasteiger partial charge in [-0.15, -0.1) is 0 Å². The maximum Gasteiger partial charge on any atom is 0.134 e. The number of benzene rings is 4. The highest BCUT2D eigenvalue weighted by molar-refractivity contribution is 9.10. The number of nitrogens with two attached hydrogens (primary N) is 2. The predicted octanol–water partition coefficient (Wildman–Crippen LogP) is 12.2. The number of pyridine rings is 2. The zero-order valence-corrected chi connectivity index (χ0v) is 46.6. The van der Waals surface area contributed by atoms with Crippen LogP contribution in [0.5, 0.6) is 0 Å². The first kappa shape index (κ1) is 53.7. The monoisotopic (exact) mass is 1080 g/mol. The van der Waals surface area contributed by atoms with Crippen LogP contribution in [0.4, 0.5) is 34.4 Å². The van der Waals surface area contributed by atoms with Crippen molar-refractivity contribution in [3.8, 4) is 33.4 Å².